The van der Waals surface area contributed by atoms with Crippen LogP contribution in [0.3, 0.4) is 0 Å². The van der Waals surface area contributed by atoms with Crippen molar-refractivity contribution in [3.63, 3.8) is 0 Å². The van der Waals surface area contributed by atoms with Crippen LogP contribution in [0.4, 0.5) is 11.4 Å². The second-order valence-corrected chi connectivity index (χ2v) is 6.97. The minimum absolute atomic E-state index is 0.0774. The first-order valence-corrected chi connectivity index (χ1v) is 9.10. The van der Waals surface area contributed by atoms with E-state index < -0.39 is 0 Å². The highest BCUT2D eigenvalue weighted by molar-refractivity contribution is 6.09. The van der Waals surface area contributed by atoms with E-state index >= 15 is 0 Å². The third kappa shape index (κ3) is 4.14. The first kappa shape index (κ1) is 18.2. The van der Waals surface area contributed by atoms with Crippen LogP contribution in [0.5, 0.6) is 0 Å². The normalized spacial score (nSPS) is 14.5. The molecular formula is C22H27N3O. The van der Waals surface area contributed by atoms with Crippen molar-refractivity contribution in [2.45, 2.75) is 6.92 Å². The van der Waals surface area contributed by atoms with E-state index in [9.17, 15) is 4.79 Å². The van der Waals surface area contributed by atoms with E-state index in [1.54, 1.807) is 0 Å². The van der Waals surface area contributed by atoms with Crippen LogP contribution >= 0.6 is 0 Å². The zero-order valence-corrected chi connectivity index (χ0v) is 15.9. The Bertz CT molecular complexity index is 783. The predicted octanol–water partition coefficient (Wildman–Crippen LogP) is 3.50. The first-order chi connectivity index (χ1) is 12.6. The van der Waals surface area contributed by atoms with Gasteiger partial charge in [-0.1, -0.05) is 42.5 Å². The molecule has 0 aromatic heterocycles. The van der Waals surface area contributed by atoms with E-state index in [-0.39, 0.29) is 5.91 Å². The van der Waals surface area contributed by atoms with Gasteiger partial charge in [-0.05, 0) is 44.8 Å². The van der Waals surface area contributed by atoms with Crippen molar-refractivity contribution in [1.82, 2.24) is 4.90 Å². The molecule has 0 spiro atoms. The molecule has 3 rings (SSSR count). The summed E-state index contributed by atoms with van der Waals surface area (Å²) in [5, 5.41) is 0. The molecule has 26 heavy (non-hydrogen) atoms. The van der Waals surface area contributed by atoms with Crippen LogP contribution < -0.4 is 9.80 Å². The summed E-state index contributed by atoms with van der Waals surface area (Å²) in [4.78, 5) is 19.5. The smallest absolute Gasteiger partial charge is 0.254 e. The summed E-state index contributed by atoms with van der Waals surface area (Å²) >= 11 is 0. The summed E-state index contributed by atoms with van der Waals surface area (Å²) in [6.45, 7) is 5.43. The van der Waals surface area contributed by atoms with Crippen LogP contribution in [0.1, 0.15) is 12.5 Å². The van der Waals surface area contributed by atoms with Crippen molar-refractivity contribution in [2.75, 3.05) is 50.1 Å². The Morgan fingerprint density at radius 2 is 1.65 bits per heavy atom. The molecule has 136 valence electrons. The largest absolute Gasteiger partial charge is 0.367 e. The Kier molecular flexibility index (Phi) is 5.74. The van der Waals surface area contributed by atoms with Crippen molar-refractivity contribution in [3.8, 4) is 0 Å². The molecule has 1 aliphatic rings. The van der Waals surface area contributed by atoms with Crippen LogP contribution in [0, 0.1) is 0 Å². The van der Waals surface area contributed by atoms with Crippen LogP contribution in [-0.2, 0) is 4.79 Å². The monoisotopic (exact) mass is 349 g/mol. The van der Waals surface area contributed by atoms with Crippen molar-refractivity contribution in [2.24, 2.45) is 0 Å². The summed E-state index contributed by atoms with van der Waals surface area (Å²) in [5.41, 5.74) is 3.95. The number of fused-ring (bicyclic) bond motifs is 1. The predicted molar refractivity (Wildman–Crippen MR) is 110 cm³/mol. The fraction of sp³-hybridized carbons (Fsp3) is 0.318. The van der Waals surface area contributed by atoms with Gasteiger partial charge in [0.15, 0.2) is 0 Å². The van der Waals surface area contributed by atoms with Gasteiger partial charge in [-0.25, -0.2) is 0 Å². The molecule has 4 nitrogen and oxygen atoms in total. The van der Waals surface area contributed by atoms with Crippen molar-refractivity contribution >= 4 is 23.4 Å². The SMILES string of the molecule is C/C(=C\c1ccccc1)C(=O)N1CCN(CCN(C)C)c2ccccc21. The van der Waals surface area contributed by atoms with E-state index in [1.807, 2.05) is 66.4 Å². The second kappa shape index (κ2) is 8.19. The number of para-hydroxylation sites is 2. The summed E-state index contributed by atoms with van der Waals surface area (Å²) < 4.78 is 0. The maximum atomic E-state index is 13.1. The third-order valence-corrected chi connectivity index (χ3v) is 4.69. The molecule has 0 N–H and O–H groups in total. The lowest BCUT2D eigenvalue weighted by molar-refractivity contribution is -0.115. The van der Waals surface area contributed by atoms with E-state index in [0.29, 0.717) is 6.54 Å². The number of hydrogen-bond donors (Lipinski definition) is 0. The molecule has 4 heteroatoms. The molecule has 0 radical (unpaired) electrons. The lowest BCUT2D eigenvalue weighted by Gasteiger charge is -2.38. The third-order valence-electron chi connectivity index (χ3n) is 4.69. The fourth-order valence-electron chi connectivity index (χ4n) is 3.26. The summed E-state index contributed by atoms with van der Waals surface area (Å²) in [5.74, 6) is 0.0774. The number of likely N-dealkylation sites (N-methyl/N-ethyl adjacent to an activating group) is 1. The van der Waals surface area contributed by atoms with Gasteiger partial charge in [0.25, 0.3) is 5.91 Å². The van der Waals surface area contributed by atoms with Crippen LogP contribution in [0.15, 0.2) is 60.2 Å². The molecule has 2 aromatic carbocycles. The molecule has 1 aliphatic heterocycles. The Balaban J connectivity index is 1.83. The summed E-state index contributed by atoms with van der Waals surface area (Å²) in [6.07, 6.45) is 1.96. The van der Waals surface area contributed by atoms with Gasteiger partial charge in [-0.3, -0.25) is 4.79 Å². The van der Waals surface area contributed by atoms with Gasteiger partial charge in [0.05, 0.1) is 11.4 Å². The number of benzene rings is 2. The highest BCUT2D eigenvalue weighted by Gasteiger charge is 2.26. The summed E-state index contributed by atoms with van der Waals surface area (Å²) in [6, 6.07) is 18.2. The lowest BCUT2D eigenvalue weighted by atomic mass is 10.1. The van der Waals surface area contributed by atoms with Crippen molar-refractivity contribution < 1.29 is 4.79 Å². The number of nitrogens with zero attached hydrogens (tertiary/aromatic N) is 3. The minimum Gasteiger partial charge on any atom is -0.367 e. The number of carbonyl (C=O) groups excluding carboxylic acids is 1. The Hall–Kier alpha value is -2.59. The lowest BCUT2D eigenvalue weighted by Crippen LogP contribution is -2.46. The average Bonchev–Trinajstić information content (AvgIpc) is 2.66. The fourth-order valence-corrected chi connectivity index (χ4v) is 3.26. The van der Waals surface area contributed by atoms with Gasteiger partial charge in [0, 0.05) is 31.8 Å². The van der Waals surface area contributed by atoms with Crippen LogP contribution in [0.2, 0.25) is 0 Å². The van der Waals surface area contributed by atoms with Gasteiger partial charge in [0.1, 0.15) is 0 Å². The van der Waals surface area contributed by atoms with Gasteiger partial charge >= 0.3 is 0 Å². The maximum Gasteiger partial charge on any atom is 0.254 e. The van der Waals surface area contributed by atoms with Crippen LogP contribution in [0.25, 0.3) is 6.08 Å². The standard InChI is InChI=1S/C22H27N3O/c1-18(17-19-9-5-4-6-10-19)22(26)25-16-15-24(14-13-23(2)3)20-11-7-8-12-21(20)25/h4-12,17H,13-16H2,1-3H3/b18-17+. The quantitative estimate of drug-likeness (QED) is 0.773. The van der Waals surface area contributed by atoms with E-state index in [4.69, 9.17) is 0 Å². The number of amides is 1. The zero-order valence-electron chi connectivity index (χ0n) is 15.9. The number of anilines is 2. The molecule has 0 atom stereocenters. The second-order valence-electron chi connectivity index (χ2n) is 6.97. The van der Waals surface area contributed by atoms with E-state index in [1.165, 1.54) is 0 Å². The Labute approximate surface area is 156 Å². The number of hydrogen-bond acceptors (Lipinski definition) is 3. The van der Waals surface area contributed by atoms with Crippen LogP contribution in [-0.4, -0.2) is 51.1 Å². The molecule has 0 unspecified atom stereocenters. The Morgan fingerprint density at radius 3 is 2.35 bits per heavy atom. The molecular weight excluding hydrogens is 322 g/mol. The topological polar surface area (TPSA) is 26.8 Å². The van der Waals surface area contributed by atoms with E-state index in [2.05, 4.69) is 30.0 Å². The first-order valence-electron chi connectivity index (χ1n) is 9.10. The number of carbonyl (C=O) groups is 1. The number of rotatable bonds is 5. The zero-order chi connectivity index (χ0) is 18.5. The molecule has 1 heterocycles. The molecule has 0 saturated carbocycles. The highest BCUT2D eigenvalue weighted by Crippen LogP contribution is 2.33. The minimum atomic E-state index is 0.0774. The average molecular weight is 349 g/mol. The Morgan fingerprint density at radius 1 is 1.00 bits per heavy atom. The summed E-state index contributed by atoms with van der Waals surface area (Å²) in [7, 11) is 4.17. The maximum absolute atomic E-state index is 13.1. The molecule has 0 bridgehead atoms. The molecule has 0 aliphatic carbocycles. The van der Waals surface area contributed by atoms with Crippen molar-refractivity contribution in [3.05, 3.63) is 65.7 Å². The van der Waals surface area contributed by atoms with Gasteiger partial charge < -0.3 is 14.7 Å². The van der Waals surface area contributed by atoms with Gasteiger partial charge in [-0.15, -0.1) is 0 Å². The van der Waals surface area contributed by atoms with E-state index in [0.717, 1.165) is 42.1 Å². The molecule has 1 amide bonds. The van der Waals surface area contributed by atoms with Gasteiger partial charge in [-0.2, -0.15) is 0 Å². The highest BCUT2D eigenvalue weighted by atomic mass is 16.2. The van der Waals surface area contributed by atoms with Gasteiger partial charge in [0.2, 0.25) is 0 Å². The molecule has 0 fully saturated rings. The molecule has 2 aromatic rings. The molecule has 0 saturated heterocycles. The van der Waals surface area contributed by atoms with Crippen molar-refractivity contribution in [1.29, 1.82) is 0 Å².